The zero-order valence-corrected chi connectivity index (χ0v) is 18.3. The molecule has 2 aromatic carbocycles. The van der Waals surface area contributed by atoms with E-state index in [-0.39, 0.29) is 11.3 Å². The number of hydrogen-bond donors (Lipinski definition) is 1. The third kappa shape index (κ3) is 3.96. The quantitative estimate of drug-likeness (QED) is 0.334. The van der Waals surface area contributed by atoms with Gasteiger partial charge in [0.2, 0.25) is 0 Å². The molecule has 0 atom stereocenters. The van der Waals surface area contributed by atoms with E-state index in [0.29, 0.717) is 17.1 Å². The lowest BCUT2D eigenvalue weighted by atomic mass is 10.1. The van der Waals surface area contributed by atoms with Crippen LogP contribution >= 0.6 is 0 Å². The molecule has 3 aromatic heterocycles. The van der Waals surface area contributed by atoms with Crippen LogP contribution in [0.15, 0.2) is 79.5 Å². The van der Waals surface area contributed by atoms with Crippen molar-refractivity contribution >= 4 is 17.0 Å². The van der Waals surface area contributed by atoms with Gasteiger partial charge in [0.1, 0.15) is 5.75 Å². The Labute approximate surface area is 193 Å². The van der Waals surface area contributed by atoms with Crippen molar-refractivity contribution in [2.45, 2.75) is 13.1 Å². The summed E-state index contributed by atoms with van der Waals surface area (Å²) in [5, 5.41) is 3.30. The van der Waals surface area contributed by atoms with Gasteiger partial charge in [-0.05, 0) is 37.3 Å². The van der Waals surface area contributed by atoms with Crippen molar-refractivity contribution in [2.24, 2.45) is 0 Å². The van der Waals surface area contributed by atoms with Crippen molar-refractivity contribution in [1.29, 1.82) is 0 Å². The highest BCUT2D eigenvalue weighted by Gasteiger charge is 2.34. The van der Waals surface area contributed by atoms with E-state index in [1.165, 1.54) is 12.1 Å². The number of halogens is 3. The fourth-order valence-corrected chi connectivity index (χ4v) is 3.87. The van der Waals surface area contributed by atoms with E-state index >= 15 is 0 Å². The van der Waals surface area contributed by atoms with E-state index < -0.39 is 11.7 Å². The fraction of sp³-hybridized carbons (Fsp3) is 0.120. The maximum absolute atomic E-state index is 13.5. The van der Waals surface area contributed by atoms with Gasteiger partial charge in [0.05, 0.1) is 41.8 Å². The summed E-state index contributed by atoms with van der Waals surface area (Å²) in [6.07, 6.45) is 2.48. The minimum absolute atomic E-state index is 0.0336. The Hall–Kier alpha value is -4.27. The van der Waals surface area contributed by atoms with Crippen molar-refractivity contribution in [3.05, 3.63) is 90.8 Å². The highest BCUT2D eigenvalue weighted by atomic mass is 19.4. The van der Waals surface area contributed by atoms with Crippen LogP contribution in [0.5, 0.6) is 5.75 Å². The number of rotatable bonds is 5. The van der Waals surface area contributed by atoms with Gasteiger partial charge in [-0.1, -0.05) is 18.2 Å². The molecule has 34 heavy (non-hydrogen) atoms. The van der Waals surface area contributed by atoms with Crippen LogP contribution < -0.4 is 10.1 Å². The van der Waals surface area contributed by atoms with Gasteiger partial charge in [-0.3, -0.25) is 0 Å². The van der Waals surface area contributed by atoms with Crippen molar-refractivity contribution in [3.8, 4) is 22.7 Å². The predicted molar refractivity (Wildman–Crippen MR) is 124 cm³/mol. The molecular formula is C25H20F3N5O. The molecule has 0 bridgehead atoms. The summed E-state index contributed by atoms with van der Waals surface area (Å²) in [4.78, 5) is 8.77. The molecule has 9 heteroatoms. The highest BCUT2D eigenvalue weighted by molar-refractivity contribution is 5.78. The zero-order chi connectivity index (χ0) is 23.9. The Kier molecular flexibility index (Phi) is 5.24. The Morgan fingerprint density at radius 3 is 2.56 bits per heavy atom. The number of pyridine rings is 1. The summed E-state index contributed by atoms with van der Waals surface area (Å²) >= 11 is 0. The normalized spacial score (nSPS) is 11.7. The maximum Gasteiger partial charge on any atom is 0.417 e. The third-order valence-electron chi connectivity index (χ3n) is 5.44. The number of anilines is 2. The summed E-state index contributed by atoms with van der Waals surface area (Å²) < 4.78 is 49.7. The molecular weight excluding hydrogens is 443 g/mol. The minimum atomic E-state index is -4.47. The van der Waals surface area contributed by atoms with Crippen LogP contribution in [0, 0.1) is 6.92 Å². The Bertz CT molecular complexity index is 1490. The topological polar surface area (TPSA) is 56.4 Å². The number of nitrogens with zero attached hydrogens (tertiary/aromatic N) is 4. The van der Waals surface area contributed by atoms with E-state index in [1.54, 1.807) is 42.4 Å². The Morgan fingerprint density at radius 1 is 1.00 bits per heavy atom. The Morgan fingerprint density at radius 2 is 1.82 bits per heavy atom. The molecule has 0 aliphatic heterocycles. The second-order valence-corrected chi connectivity index (χ2v) is 7.76. The first-order valence-corrected chi connectivity index (χ1v) is 10.4. The van der Waals surface area contributed by atoms with Gasteiger partial charge in [0.25, 0.3) is 0 Å². The van der Waals surface area contributed by atoms with E-state index in [0.717, 1.165) is 23.1 Å². The number of fused-ring (bicyclic) bond motifs is 1. The number of aromatic nitrogens is 4. The van der Waals surface area contributed by atoms with Gasteiger partial charge in [-0.2, -0.15) is 13.2 Å². The van der Waals surface area contributed by atoms with Crippen molar-refractivity contribution in [2.75, 3.05) is 12.4 Å². The largest absolute Gasteiger partial charge is 0.494 e. The molecule has 0 spiro atoms. The van der Waals surface area contributed by atoms with Gasteiger partial charge >= 0.3 is 6.18 Å². The average molecular weight is 463 g/mol. The number of benzene rings is 2. The molecule has 0 aliphatic carbocycles. The first-order valence-electron chi connectivity index (χ1n) is 10.4. The average Bonchev–Trinajstić information content (AvgIpc) is 3.45. The number of methoxy groups -OCH3 is 1. The second-order valence-electron chi connectivity index (χ2n) is 7.76. The van der Waals surface area contributed by atoms with Crippen molar-refractivity contribution in [3.63, 3.8) is 0 Å². The maximum atomic E-state index is 13.5. The van der Waals surface area contributed by atoms with Gasteiger partial charge in [0, 0.05) is 35.9 Å². The highest BCUT2D eigenvalue weighted by Crippen LogP contribution is 2.37. The molecule has 0 saturated heterocycles. The van der Waals surface area contributed by atoms with Crippen LogP contribution in [0.25, 0.3) is 22.6 Å². The standard InChI is InChI=1S/C25H20F3N5O/c1-16-13-33(15-29-16)22-10-9-17(12-23(22)34-2)30-20-8-5-11-32-14-21(31-24(20)32)18-6-3-4-7-19(18)25(26,27)28/h3-15,30H,1-2H3. The second kappa shape index (κ2) is 8.26. The number of ether oxygens (including phenoxy) is 1. The van der Waals surface area contributed by atoms with E-state index in [2.05, 4.69) is 15.3 Å². The molecule has 1 N–H and O–H groups in total. The van der Waals surface area contributed by atoms with Crippen LogP contribution in [-0.2, 0) is 6.18 Å². The molecule has 5 rings (SSSR count). The Balaban J connectivity index is 1.52. The fourth-order valence-electron chi connectivity index (χ4n) is 3.87. The van der Waals surface area contributed by atoms with Crippen molar-refractivity contribution < 1.29 is 17.9 Å². The molecule has 0 fully saturated rings. The summed E-state index contributed by atoms with van der Waals surface area (Å²) in [7, 11) is 1.59. The summed E-state index contributed by atoms with van der Waals surface area (Å²) in [5.74, 6) is 0.637. The third-order valence-corrected chi connectivity index (χ3v) is 5.44. The van der Waals surface area contributed by atoms with E-state index in [4.69, 9.17) is 4.74 Å². The lowest BCUT2D eigenvalue weighted by Crippen LogP contribution is -2.06. The lowest BCUT2D eigenvalue weighted by Gasteiger charge is -2.13. The monoisotopic (exact) mass is 463 g/mol. The van der Waals surface area contributed by atoms with Crippen LogP contribution in [0.4, 0.5) is 24.5 Å². The molecule has 172 valence electrons. The van der Waals surface area contributed by atoms with E-state index in [1.807, 2.05) is 42.0 Å². The van der Waals surface area contributed by atoms with Gasteiger partial charge in [0.15, 0.2) is 5.65 Å². The van der Waals surface area contributed by atoms with Gasteiger partial charge in [-0.15, -0.1) is 0 Å². The van der Waals surface area contributed by atoms with E-state index in [9.17, 15) is 13.2 Å². The van der Waals surface area contributed by atoms with Crippen LogP contribution in [0.2, 0.25) is 0 Å². The first-order chi connectivity index (χ1) is 16.3. The minimum Gasteiger partial charge on any atom is -0.494 e. The van der Waals surface area contributed by atoms with Gasteiger partial charge in [-0.25, -0.2) is 9.97 Å². The lowest BCUT2D eigenvalue weighted by molar-refractivity contribution is -0.137. The molecule has 3 heterocycles. The van der Waals surface area contributed by atoms with Gasteiger partial charge < -0.3 is 19.0 Å². The SMILES string of the molecule is COc1cc(Nc2cccn3cc(-c4ccccc4C(F)(F)F)nc23)ccc1-n1cnc(C)c1. The number of aryl methyl sites for hydroxylation is 1. The summed E-state index contributed by atoms with van der Waals surface area (Å²) in [5.41, 5.74) is 3.16. The molecule has 0 unspecified atom stereocenters. The summed E-state index contributed by atoms with van der Waals surface area (Å²) in [6, 6.07) is 14.7. The molecule has 0 aliphatic rings. The molecule has 0 amide bonds. The van der Waals surface area contributed by atoms with Crippen LogP contribution in [0.3, 0.4) is 0 Å². The van der Waals surface area contributed by atoms with Crippen LogP contribution in [0.1, 0.15) is 11.3 Å². The first kappa shape index (κ1) is 21.6. The van der Waals surface area contributed by atoms with Crippen LogP contribution in [-0.4, -0.2) is 26.0 Å². The smallest absolute Gasteiger partial charge is 0.417 e. The molecule has 5 aromatic rings. The number of hydrogen-bond acceptors (Lipinski definition) is 4. The predicted octanol–water partition coefficient (Wildman–Crippen LogP) is 6.27. The molecule has 0 saturated carbocycles. The zero-order valence-electron chi connectivity index (χ0n) is 18.3. The molecule has 0 radical (unpaired) electrons. The number of imidazole rings is 2. The molecule has 6 nitrogen and oxygen atoms in total. The number of nitrogens with one attached hydrogen (secondary N) is 1. The van der Waals surface area contributed by atoms with Crippen molar-refractivity contribution in [1.82, 2.24) is 18.9 Å². The number of alkyl halides is 3. The summed E-state index contributed by atoms with van der Waals surface area (Å²) in [6.45, 7) is 1.91.